The molecule has 1 saturated carbocycles. The summed E-state index contributed by atoms with van der Waals surface area (Å²) in [7, 11) is 0. The summed E-state index contributed by atoms with van der Waals surface area (Å²) >= 11 is 0. The standard InChI is InChI=1S/C17H27N3O/c1-4-15-7-14(9-18-16-5-6-16)8-17(19-15)20-10-12(2)21-13(3)11-20/h7-8,12-13,16,18H,4-6,9-11H2,1-3H3. The molecule has 0 aromatic carbocycles. The summed E-state index contributed by atoms with van der Waals surface area (Å²) in [4.78, 5) is 7.20. The molecule has 21 heavy (non-hydrogen) atoms. The van der Waals surface area contributed by atoms with Crippen molar-refractivity contribution in [3.05, 3.63) is 23.4 Å². The molecular formula is C17H27N3O. The number of aryl methyl sites for hydroxylation is 1. The maximum atomic E-state index is 5.83. The van der Waals surface area contributed by atoms with E-state index >= 15 is 0 Å². The van der Waals surface area contributed by atoms with Gasteiger partial charge in [-0.05, 0) is 50.8 Å². The Hall–Kier alpha value is -1.13. The van der Waals surface area contributed by atoms with Crippen LogP contribution >= 0.6 is 0 Å². The first-order valence-corrected chi connectivity index (χ1v) is 8.27. The number of rotatable bonds is 5. The van der Waals surface area contributed by atoms with E-state index in [4.69, 9.17) is 9.72 Å². The van der Waals surface area contributed by atoms with Gasteiger partial charge in [0.05, 0.1) is 12.2 Å². The van der Waals surface area contributed by atoms with Gasteiger partial charge in [0.15, 0.2) is 0 Å². The predicted molar refractivity (Wildman–Crippen MR) is 85.7 cm³/mol. The van der Waals surface area contributed by atoms with Gasteiger partial charge in [-0.25, -0.2) is 4.98 Å². The zero-order valence-corrected chi connectivity index (χ0v) is 13.4. The lowest BCUT2D eigenvalue weighted by molar-refractivity contribution is -0.00547. The quantitative estimate of drug-likeness (QED) is 0.904. The third-order valence-electron chi connectivity index (χ3n) is 4.20. The first kappa shape index (κ1) is 14.8. The fourth-order valence-electron chi connectivity index (χ4n) is 2.99. The second kappa shape index (κ2) is 6.32. The van der Waals surface area contributed by atoms with Crippen LogP contribution in [-0.2, 0) is 17.7 Å². The van der Waals surface area contributed by atoms with E-state index in [9.17, 15) is 0 Å². The zero-order chi connectivity index (χ0) is 14.8. The topological polar surface area (TPSA) is 37.4 Å². The van der Waals surface area contributed by atoms with Crippen LogP contribution in [0.3, 0.4) is 0 Å². The number of ether oxygens (including phenoxy) is 1. The lowest BCUT2D eigenvalue weighted by Gasteiger charge is -2.36. The van der Waals surface area contributed by atoms with Gasteiger partial charge in [0.2, 0.25) is 0 Å². The van der Waals surface area contributed by atoms with Crippen LogP contribution in [0, 0.1) is 0 Å². The van der Waals surface area contributed by atoms with Crippen LogP contribution in [-0.4, -0.2) is 36.3 Å². The molecule has 2 heterocycles. The number of nitrogens with one attached hydrogen (secondary N) is 1. The number of nitrogens with zero attached hydrogens (tertiary/aromatic N) is 2. The Labute approximate surface area is 127 Å². The van der Waals surface area contributed by atoms with E-state index in [0.29, 0.717) is 0 Å². The number of morpholine rings is 1. The minimum atomic E-state index is 0.272. The fraction of sp³-hybridized carbons (Fsp3) is 0.706. The molecule has 3 rings (SSSR count). The monoisotopic (exact) mass is 289 g/mol. The van der Waals surface area contributed by atoms with Crippen LogP contribution in [0.5, 0.6) is 0 Å². The lowest BCUT2D eigenvalue weighted by atomic mass is 10.1. The van der Waals surface area contributed by atoms with Crippen molar-refractivity contribution >= 4 is 5.82 Å². The molecule has 1 saturated heterocycles. The molecule has 2 unspecified atom stereocenters. The van der Waals surface area contributed by atoms with Crippen molar-refractivity contribution in [2.24, 2.45) is 0 Å². The molecule has 0 amide bonds. The molecule has 2 aliphatic rings. The molecule has 1 aromatic rings. The van der Waals surface area contributed by atoms with E-state index in [-0.39, 0.29) is 12.2 Å². The van der Waals surface area contributed by atoms with Gasteiger partial charge in [-0.15, -0.1) is 0 Å². The van der Waals surface area contributed by atoms with Crippen molar-refractivity contribution in [2.45, 2.75) is 64.8 Å². The second-order valence-electron chi connectivity index (χ2n) is 6.50. The van der Waals surface area contributed by atoms with Gasteiger partial charge >= 0.3 is 0 Å². The summed E-state index contributed by atoms with van der Waals surface area (Å²) in [6, 6.07) is 5.24. The lowest BCUT2D eigenvalue weighted by Crippen LogP contribution is -2.46. The van der Waals surface area contributed by atoms with Crippen molar-refractivity contribution in [1.29, 1.82) is 0 Å². The first-order chi connectivity index (χ1) is 10.1. The molecule has 4 heteroatoms. The highest BCUT2D eigenvalue weighted by Gasteiger charge is 2.24. The van der Waals surface area contributed by atoms with Gasteiger partial charge in [0.1, 0.15) is 5.82 Å². The van der Waals surface area contributed by atoms with Gasteiger partial charge < -0.3 is 15.0 Å². The van der Waals surface area contributed by atoms with Crippen LogP contribution < -0.4 is 10.2 Å². The molecule has 2 atom stereocenters. The van der Waals surface area contributed by atoms with Crippen LogP contribution in [0.15, 0.2) is 12.1 Å². The molecule has 0 radical (unpaired) electrons. The minimum absolute atomic E-state index is 0.272. The SMILES string of the molecule is CCc1cc(CNC2CC2)cc(N2CC(C)OC(C)C2)n1. The summed E-state index contributed by atoms with van der Waals surface area (Å²) < 4.78 is 5.83. The molecular weight excluding hydrogens is 262 g/mol. The maximum absolute atomic E-state index is 5.83. The number of anilines is 1. The molecule has 1 N–H and O–H groups in total. The van der Waals surface area contributed by atoms with Gasteiger partial charge in [-0.3, -0.25) is 0 Å². The Morgan fingerprint density at radius 2 is 1.95 bits per heavy atom. The number of hydrogen-bond acceptors (Lipinski definition) is 4. The molecule has 116 valence electrons. The maximum Gasteiger partial charge on any atom is 0.129 e. The Morgan fingerprint density at radius 3 is 2.57 bits per heavy atom. The van der Waals surface area contributed by atoms with Crippen LogP contribution in [0.4, 0.5) is 5.82 Å². The van der Waals surface area contributed by atoms with E-state index in [2.05, 4.69) is 43.1 Å². The van der Waals surface area contributed by atoms with Crippen LogP contribution in [0.2, 0.25) is 0 Å². The minimum Gasteiger partial charge on any atom is -0.372 e. The average Bonchev–Trinajstić information content (AvgIpc) is 3.28. The fourth-order valence-corrected chi connectivity index (χ4v) is 2.99. The summed E-state index contributed by atoms with van der Waals surface area (Å²) in [5.74, 6) is 1.11. The van der Waals surface area contributed by atoms with E-state index < -0.39 is 0 Å². The predicted octanol–water partition coefficient (Wildman–Crippen LogP) is 2.51. The summed E-state index contributed by atoms with van der Waals surface area (Å²) in [5, 5.41) is 3.60. The van der Waals surface area contributed by atoms with E-state index in [1.54, 1.807) is 0 Å². The summed E-state index contributed by atoms with van der Waals surface area (Å²) in [6.07, 6.45) is 4.19. The normalized spacial score (nSPS) is 26.1. The van der Waals surface area contributed by atoms with Crippen molar-refractivity contribution < 1.29 is 4.74 Å². The number of pyridine rings is 1. The van der Waals surface area contributed by atoms with E-state index in [0.717, 1.165) is 37.9 Å². The van der Waals surface area contributed by atoms with Crippen molar-refractivity contribution in [1.82, 2.24) is 10.3 Å². The van der Waals surface area contributed by atoms with E-state index in [1.165, 1.54) is 24.1 Å². The Balaban J connectivity index is 1.77. The first-order valence-electron chi connectivity index (χ1n) is 8.27. The third kappa shape index (κ3) is 3.95. The van der Waals surface area contributed by atoms with Gasteiger partial charge in [0.25, 0.3) is 0 Å². The Morgan fingerprint density at radius 1 is 1.24 bits per heavy atom. The third-order valence-corrected chi connectivity index (χ3v) is 4.20. The Kier molecular flexibility index (Phi) is 4.45. The summed E-state index contributed by atoms with van der Waals surface area (Å²) in [5.41, 5.74) is 2.54. The highest BCUT2D eigenvalue weighted by Crippen LogP contribution is 2.23. The van der Waals surface area contributed by atoms with Gasteiger partial charge in [-0.1, -0.05) is 6.92 Å². The molecule has 0 spiro atoms. The highest BCUT2D eigenvalue weighted by molar-refractivity contribution is 5.43. The second-order valence-corrected chi connectivity index (χ2v) is 6.50. The molecule has 1 aliphatic carbocycles. The van der Waals surface area contributed by atoms with Crippen molar-refractivity contribution in [2.75, 3.05) is 18.0 Å². The van der Waals surface area contributed by atoms with Crippen LogP contribution in [0.1, 0.15) is 44.9 Å². The van der Waals surface area contributed by atoms with Gasteiger partial charge in [-0.2, -0.15) is 0 Å². The average molecular weight is 289 g/mol. The molecule has 2 fully saturated rings. The molecule has 1 aromatic heterocycles. The highest BCUT2D eigenvalue weighted by atomic mass is 16.5. The largest absolute Gasteiger partial charge is 0.372 e. The number of hydrogen-bond donors (Lipinski definition) is 1. The summed E-state index contributed by atoms with van der Waals surface area (Å²) in [6.45, 7) is 9.28. The molecule has 4 nitrogen and oxygen atoms in total. The van der Waals surface area contributed by atoms with Crippen molar-refractivity contribution in [3.63, 3.8) is 0 Å². The number of aromatic nitrogens is 1. The van der Waals surface area contributed by atoms with Gasteiger partial charge in [0, 0.05) is 31.4 Å². The Bertz CT molecular complexity index is 477. The molecule has 0 bridgehead atoms. The smallest absolute Gasteiger partial charge is 0.129 e. The molecule has 1 aliphatic heterocycles. The van der Waals surface area contributed by atoms with Crippen LogP contribution in [0.25, 0.3) is 0 Å². The van der Waals surface area contributed by atoms with E-state index in [1.807, 2.05) is 0 Å². The zero-order valence-electron chi connectivity index (χ0n) is 13.4. The van der Waals surface area contributed by atoms with Crippen molar-refractivity contribution in [3.8, 4) is 0 Å².